The van der Waals surface area contributed by atoms with E-state index in [-0.39, 0.29) is 36.9 Å². The van der Waals surface area contributed by atoms with Gasteiger partial charge in [-0.15, -0.1) is 0 Å². The highest BCUT2D eigenvalue weighted by Crippen LogP contribution is 2.64. The molecule has 1 saturated heterocycles. The first-order chi connectivity index (χ1) is 32.9. The van der Waals surface area contributed by atoms with Crippen LogP contribution in [0.4, 0.5) is 5.69 Å². The molecule has 0 saturated carbocycles. The van der Waals surface area contributed by atoms with Crippen LogP contribution in [0.1, 0.15) is 60.0 Å². The lowest BCUT2D eigenvalue weighted by atomic mass is 9.89. The smallest absolute Gasteiger partial charge is 0.478 e. The lowest BCUT2D eigenvalue weighted by Crippen LogP contribution is -2.76. The fourth-order valence-electron chi connectivity index (χ4n) is 7.74. The molecule has 6 atom stereocenters. The van der Waals surface area contributed by atoms with Crippen LogP contribution >= 0.6 is 23.5 Å². The molecule has 9 N–H and O–H groups in total. The quantitative estimate of drug-likeness (QED) is 0.0389. The van der Waals surface area contributed by atoms with E-state index in [0.717, 1.165) is 63.5 Å². The number of hydrogen-bond acceptors (Lipinski definition) is 16. The van der Waals surface area contributed by atoms with Crippen molar-refractivity contribution in [3.63, 3.8) is 0 Å². The summed E-state index contributed by atoms with van der Waals surface area (Å²) in [6, 6.07) is 15.5. The summed E-state index contributed by atoms with van der Waals surface area (Å²) in [5, 5.41) is 29.0. The van der Waals surface area contributed by atoms with E-state index in [1.807, 2.05) is 56.9 Å². The Morgan fingerprint density at radius 3 is 2.43 bits per heavy atom. The molecule has 3 aromatic rings. The zero-order valence-corrected chi connectivity index (χ0v) is 41.1. The monoisotopic (exact) mass is 1030 g/mol. The minimum atomic E-state index is -6.10. The SMILES string of the molecule is CCNc1cc2oc3cc(=[NH+]CC)c(C)cc-3c(-c3ccccc3C(=O)N(C)CCCC(=O)NC/C=C/c3cn([C@@H]4O[C@H](COP(=O)(O)OP(=O)([O-])OP(=O)(O)O)[C@@H](O)[C@H]4O)c(=O)[nH]c3=O)c2cc1C. The number of aromatic amines is 1. The maximum atomic E-state index is 14.2. The topological polar surface area (TPSA) is 356 Å². The maximum Gasteiger partial charge on any atom is 0.478 e. The van der Waals surface area contributed by atoms with Crippen molar-refractivity contribution in [2.75, 3.05) is 45.2 Å². The average molecular weight is 1030 g/mol. The molecule has 6 rings (SSSR count). The number of benzene rings is 3. The number of nitrogens with one attached hydrogen (secondary N) is 4. The van der Waals surface area contributed by atoms with Crippen LogP contribution in [0, 0.1) is 13.8 Å². The third kappa shape index (κ3) is 13.1. The predicted octanol–water partition coefficient (Wildman–Crippen LogP) is 1.12. The van der Waals surface area contributed by atoms with Gasteiger partial charge in [0.2, 0.25) is 11.3 Å². The van der Waals surface area contributed by atoms with Crippen LogP contribution in [0.25, 0.3) is 39.5 Å². The Bertz CT molecular complexity index is 3110. The molecule has 2 aliphatic heterocycles. The van der Waals surface area contributed by atoms with Crippen molar-refractivity contribution in [1.82, 2.24) is 19.8 Å². The molecule has 0 radical (unpaired) electrons. The number of aliphatic hydroxyl groups is 2. The van der Waals surface area contributed by atoms with Gasteiger partial charge >= 0.3 is 21.3 Å². The van der Waals surface area contributed by atoms with Gasteiger partial charge in [0.25, 0.3) is 19.3 Å². The largest absolute Gasteiger partial charge is 0.756 e. The number of carbonyl (C=O) groups is 2. The Hall–Kier alpha value is -5.42. The Morgan fingerprint density at radius 2 is 1.73 bits per heavy atom. The second kappa shape index (κ2) is 22.3. The van der Waals surface area contributed by atoms with Crippen LogP contribution in [0.5, 0.6) is 0 Å². The van der Waals surface area contributed by atoms with Crippen LogP contribution in [0.2, 0.25) is 0 Å². The Labute approximate surface area is 399 Å². The van der Waals surface area contributed by atoms with E-state index in [9.17, 15) is 52.9 Å². The molecule has 1 aliphatic carbocycles. The molecule has 27 heteroatoms. The molecule has 0 bridgehead atoms. The Balaban J connectivity index is 1.08. The first-order valence-corrected chi connectivity index (χ1v) is 26.2. The fourth-order valence-corrected chi connectivity index (χ4v) is 10.7. The molecular weight excluding hydrogens is 981 g/mol. The number of H-pyrrole nitrogens is 1. The molecule has 70 heavy (non-hydrogen) atoms. The van der Waals surface area contributed by atoms with Gasteiger partial charge in [0.1, 0.15) is 36.2 Å². The first-order valence-electron chi connectivity index (χ1n) is 21.7. The Kier molecular flexibility index (Phi) is 17.2. The van der Waals surface area contributed by atoms with Crippen molar-refractivity contribution >= 4 is 58.0 Å². The number of anilines is 1. The van der Waals surface area contributed by atoms with Gasteiger partial charge < -0.3 is 54.5 Å². The van der Waals surface area contributed by atoms with Crippen molar-refractivity contribution in [3.8, 4) is 22.5 Å². The van der Waals surface area contributed by atoms with Gasteiger partial charge in [0.05, 0.1) is 18.2 Å². The van der Waals surface area contributed by atoms with Crippen molar-refractivity contribution < 1.29 is 80.4 Å². The summed E-state index contributed by atoms with van der Waals surface area (Å²) < 4.78 is 58.5. The van der Waals surface area contributed by atoms with Crippen LogP contribution in [0.3, 0.4) is 0 Å². The van der Waals surface area contributed by atoms with E-state index in [0.29, 0.717) is 27.9 Å². The summed E-state index contributed by atoms with van der Waals surface area (Å²) in [5.74, 6) is 0.0260. The molecule has 3 aliphatic rings. The number of aromatic nitrogens is 2. The summed E-state index contributed by atoms with van der Waals surface area (Å²) in [6.45, 7) is 8.50. The number of phosphoric ester groups is 1. The van der Waals surface area contributed by atoms with E-state index in [1.165, 1.54) is 12.2 Å². The number of phosphoric acid groups is 3. The van der Waals surface area contributed by atoms with Gasteiger partial charge in [0, 0.05) is 78.7 Å². The van der Waals surface area contributed by atoms with E-state index >= 15 is 0 Å². The fraction of sp³-hybridized carbons (Fsp3) is 0.372. The number of rotatable bonds is 20. The number of amides is 2. The predicted molar refractivity (Wildman–Crippen MR) is 250 cm³/mol. The summed E-state index contributed by atoms with van der Waals surface area (Å²) in [6.07, 6.45) is -3.40. The molecule has 1 aromatic heterocycles. The molecule has 2 amide bonds. The minimum Gasteiger partial charge on any atom is -0.756 e. The first kappa shape index (κ1) is 53.9. The lowest BCUT2D eigenvalue weighted by molar-refractivity contribution is -0.496. The number of fused-ring (bicyclic) bond motifs is 2. The standard InChI is InChI=1S/C43H53N6O18P3/c1-6-44-31-20-33-29(18-24(31)3)37(30-19-25(4)32(45-7-2)21-34(30)64-33)27-13-8-9-14-28(27)41(54)48(5)17-11-15-36(50)46-16-10-12-26-22-49(43(55)47-40(26)53)42-39(52)38(51)35(65-42)23-63-69(59,60)67-70(61,62)66-68(56,57)58/h8-10,12-14,18-22,35,38-39,42,44,51-52H,6-7,11,15-17,23H2,1-5H3,(H,46,50)(H,59,60)(H,61,62)(H,47,53,55)(H2,56,57,58)/b12-10+,45-32?/t35-,38-,39-,42-/m1/s1. The second-order valence-corrected chi connectivity index (χ2v) is 20.5. The molecule has 24 nitrogen and oxygen atoms in total. The van der Waals surface area contributed by atoms with E-state index in [4.69, 9.17) is 18.9 Å². The van der Waals surface area contributed by atoms with Gasteiger partial charge in [-0.3, -0.25) is 33.0 Å². The second-order valence-electron chi connectivity index (χ2n) is 16.1. The van der Waals surface area contributed by atoms with Crippen LogP contribution < -0.4 is 37.1 Å². The average Bonchev–Trinajstić information content (AvgIpc) is 3.55. The molecule has 3 heterocycles. The number of ether oxygens (including phenoxy) is 1. The van der Waals surface area contributed by atoms with Gasteiger partial charge in [-0.25, -0.2) is 27.5 Å². The Morgan fingerprint density at radius 1 is 1.00 bits per heavy atom. The summed E-state index contributed by atoms with van der Waals surface area (Å²) in [5.41, 5.74) is 4.32. The third-order valence-electron chi connectivity index (χ3n) is 10.9. The van der Waals surface area contributed by atoms with E-state index in [1.54, 1.807) is 24.1 Å². The highest BCUT2D eigenvalue weighted by atomic mass is 31.3. The minimum absolute atomic E-state index is 0.0359. The van der Waals surface area contributed by atoms with Gasteiger partial charge in [-0.05, 0) is 63.4 Å². The highest BCUT2D eigenvalue weighted by Gasteiger charge is 2.46. The maximum absolute atomic E-state index is 14.2. The number of hydrogen-bond donors (Lipinski definition) is 9. The lowest BCUT2D eigenvalue weighted by Gasteiger charge is -2.25. The summed E-state index contributed by atoms with van der Waals surface area (Å²) in [4.78, 5) is 97.9. The number of carbonyl (C=O) groups excluding carboxylic acids is 2. The van der Waals surface area contributed by atoms with Gasteiger partial charge in [0.15, 0.2) is 6.23 Å². The zero-order valence-electron chi connectivity index (χ0n) is 38.4. The molecule has 1 fully saturated rings. The van der Waals surface area contributed by atoms with Crippen molar-refractivity contribution in [2.45, 2.75) is 65.1 Å². The van der Waals surface area contributed by atoms with Gasteiger partial charge in [-0.2, -0.15) is 0 Å². The van der Waals surface area contributed by atoms with E-state index in [2.05, 4.69) is 40.9 Å². The van der Waals surface area contributed by atoms with Crippen LogP contribution in [-0.2, 0) is 36.4 Å². The number of nitrogens with zero attached hydrogens (tertiary/aromatic N) is 2. The van der Waals surface area contributed by atoms with Crippen LogP contribution in [-0.4, -0.2) is 109 Å². The molecular formula is C43H53N6O18P3. The molecule has 378 valence electrons. The van der Waals surface area contributed by atoms with Crippen molar-refractivity contribution in [2.24, 2.45) is 0 Å². The van der Waals surface area contributed by atoms with Crippen molar-refractivity contribution in [3.05, 3.63) is 109 Å². The van der Waals surface area contributed by atoms with Gasteiger partial charge in [-0.1, -0.05) is 30.4 Å². The molecule has 0 spiro atoms. The summed E-state index contributed by atoms with van der Waals surface area (Å²) >= 11 is 0. The molecule has 2 unspecified atom stereocenters. The zero-order chi connectivity index (χ0) is 51.3. The van der Waals surface area contributed by atoms with E-state index < -0.39 is 65.9 Å². The number of aliphatic hydroxyl groups excluding tert-OH is 2. The summed E-state index contributed by atoms with van der Waals surface area (Å²) in [7, 11) is -15.9. The highest BCUT2D eigenvalue weighted by molar-refractivity contribution is 7.65. The molecule has 2 aromatic carbocycles. The van der Waals surface area contributed by atoms with Crippen molar-refractivity contribution in [1.29, 1.82) is 0 Å². The third-order valence-corrected chi connectivity index (χ3v) is 14.7. The number of aryl methyl sites for hydroxylation is 2. The van der Waals surface area contributed by atoms with Crippen LogP contribution in [0.15, 0.2) is 74.8 Å². The normalized spacial score (nSPS) is 19.4.